The van der Waals surface area contributed by atoms with Crippen LogP contribution in [0.5, 0.6) is 0 Å². The molecule has 0 bridgehead atoms. The van der Waals surface area contributed by atoms with Gasteiger partial charge in [0, 0.05) is 11.3 Å². The van der Waals surface area contributed by atoms with Crippen molar-refractivity contribution in [3.63, 3.8) is 0 Å². The quantitative estimate of drug-likeness (QED) is 0.375. The lowest BCUT2D eigenvalue weighted by Crippen LogP contribution is -2.17. The van der Waals surface area contributed by atoms with Gasteiger partial charge < -0.3 is 10.9 Å². The lowest BCUT2D eigenvalue weighted by Gasteiger charge is -2.11. The molecule has 0 aliphatic heterocycles. The Hall–Kier alpha value is -2.30. The Morgan fingerprint density at radius 1 is 1.26 bits per heavy atom. The van der Waals surface area contributed by atoms with Crippen LogP contribution in [0.15, 0.2) is 23.4 Å². The van der Waals surface area contributed by atoms with Gasteiger partial charge in [-0.05, 0) is 45.4 Å². The summed E-state index contributed by atoms with van der Waals surface area (Å²) in [7, 11) is 0. The van der Waals surface area contributed by atoms with Crippen molar-refractivity contribution < 1.29 is 5.21 Å². The average Bonchev–Trinajstić information content (AvgIpc) is 2.65. The molecule has 0 aliphatic rings. The van der Waals surface area contributed by atoms with Gasteiger partial charge in [-0.3, -0.25) is 0 Å². The van der Waals surface area contributed by atoms with E-state index in [4.69, 9.17) is 10.9 Å². The fraction of sp³-hybridized carbons (Fsp3) is 0.286. The molecule has 5 heteroatoms. The van der Waals surface area contributed by atoms with E-state index < -0.39 is 0 Å². The summed E-state index contributed by atoms with van der Waals surface area (Å²) >= 11 is 0. The zero-order valence-corrected chi connectivity index (χ0v) is 11.6. The normalized spacial score (nSPS) is 11.9. The number of aromatic nitrogens is 2. The fourth-order valence-corrected chi connectivity index (χ4v) is 2.05. The van der Waals surface area contributed by atoms with Gasteiger partial charge in [0.25, 0.3) is 0 Å². The topological polar surface area (TPSA) is 76.4 Å². The maximum atomic E-state index is 8.91. The van der Waals surface area contributed by atoms with Crippen molar-refractivity contribution in [1.29, 1.82) is 0 Å². The number of rotatable bonds is 2. The number of benzene rings is 1. The van der Waals surface area contributed by atoms with Crippen LogP contribution in [0.3, 0.4) is 0 Å². The largest absolute Gasteiger partial charge is 0.409 e. The zero-order valence-electron chi connectivity index (χ0n) is 11.6. The lowest BCUT2D eigenvalue weighted by atomic mass is 10.1. The Kier molecular flexibility index (Phi) is 3.29. The number of oxime groups is 1. The molecule has 0 aliphatic carbocycles. The number of amidine groups is 1. The second-order valence-corrected chi connectivity index (χ2v) is 4.71. The van der Waals surface area contributed by atoms with Crippen LogP contribution in [0.2, 0.25) is 0 Å². The smallest absolute Gasteiger partial charge is 0.172 e. The molecular weight excluding hydrogens is 240 g/mol. The van der Waals surface area contributed by atoms with E-state index in [0.29, 0.717) is 5.56 Å². The Labute approximate surface area is 112 Å². The molecule has 0 spiro atoms. The van der Waals surface area contributed by atoms with Crippen molar-refractivity contribution in [2.24, 2.45) is 10.9 Å². The molecular formula is C14H18N4O. The van der Waals surface area contributed by atoms with Gasteiger partial charge in [0.15, 0.2) is 5.84 Å². The van der Waals surface area contributed by atoms with E-state index in [1.54, 1.807) is 0 Å². The van der Waals surface area contributed by atoms with Crippen LogP contribution >= 0.6 is 0 Å². The van der Waals surface area contributed by atoms with Crippen LogP contribution in [0.1, 0.15) is 28.1 Å². The van der Waals surface area contributed by atoms with Crippen LogP contribution in [-0.2, 0) is 0 Å². The molecule has 2 rings (SSSR count). The van der Waals surface area contributed by atoms with Gasteiger partial charge in [-0.1, -0.05) is 16.8 Å². The third kappa shape index (κ3) is 2.19. The first-order valence-electron chi connectivity index (χ1n) is 6.07. The average molecular weight is 258 g/mol. The van der Waals surface area contributed by atoms with Crippen LogP contribution < -0.4 is 5.73 Å². The standard InChI is InChI=1S/C14H18N4O/c1-8-5-6-13(12(7-8)14(15)17-19)18-11(4)9(2)10(3)16-18/h5-7,19H,1-4H3,(H2,15,17). The molecule has 100 valence electrons. The monoisotopic (exact) mass is 258 g/mol. The summed E-state index contributed by atoms with van der Waals surface area (Å²) < 4.78 is 1.83. The highest BCUT2D eigenvalue weighted by molar-refractivity contribution is 6.00. The predicted molar refractivity (Wildman–Crippen MR) is 75.0 cm³/mol. The van der Waals surface area contributed by atoms with Crippen LogP contribution in [0, 0.1) is 27.7 Å². The molecule has 0 amide bonds. The molecule has 0 radical (unpaired) electrons. The van der Waals surface area contributed by atoms with E-state index in [9.17, 15) is 0 Å². The maximum Gasteiger partial charge on any atom is 0.172 e. The van der Waals surface area contributed by atoms with Gasteiger partial charge in [-0.25, -0.2) is 4.68 Å². The molecule has 1 heterocycles. The Morgan fingerprint density at radius 2 is 1.95 bits per heavy atom. The summed E-state index contributed by atoms with van der Waals surface area (Å²) in [6, 6.07) is 5.80. The van der Waals surface area contributed by atoms with E-state index in [0.717, 1.165) is 28.2 Å². The molecule has 0 unspecified atom stereocenters. The highest BCUT2D eigenvalue weighted by Crippen LogP contribution is 2.21. The van der Waals surface area contributed by atoms with Gasteiger partial charge in [-0.2, -0.15) is 5.10 Å². The summed E-state index contributed by atoms with van der Waals surface area (Å²) in [6.45, 7) is 7.97. The molecule has 19 heavy (non-hydrogen) atoms. The molecule has 3 N–H and O–H groups in total. The van der Waals surface area contributed by atoms with Crippen LogP contribution in [-0.4, -0.2) is 20.8 Å². The van der Waals surface area contributed by atoms with E-state index in [1.165, 1.54) is 0 Å². The van der Waals surface area contributed by atoms with Crippen molar-refractivity contribution in [2.75, 3.05) is 0 Å². The number of hydrogen-bond donors (Lipinski definition) is 2. The van der Waals surface area contributed by atoms with E-state index in [-0.39, 0.29) is 5.84 Å². The minimum atomic E-state index is 0.0870. The summed E-state index contributed by atoms with van der Waals surface area (Å²) in [6.07, 6.45) is 0. The van der Waals surface area contributed by atoms with Gasteiger partial charge in [0.2, 0.25) is 0 Å². The Morgan fingerprint density at radius 3 is 2.47 bits per heavy atom. The van der Waals surface area contributed by atoms with Gasteiger partial charge in [-0.15, -0.1) is 0 Å². The van der Waals surface area contributed by atoms with Gasteiger partial charge in [0.1, 0.15) is 0 Å². The Bertz CT molecular complexity index is 656. The third-order valence-corrected chi connectivity index (χ3v) is 3.42. The molecule has 2 aromatic rings. The highest BCUT2D eigenvalue weighted by atomic mass is 16.4. The first-order chi connectivity index (χ1) is 8.95. The van der Waals surface area contributed by atoms with Crippen molar-refractivity contribution in [3.8, 4) is 5.69 Å². The first kappa shape index (κ1) is 13.1. The molecule has 0 atom stereocenters. The Balaban J connectivity index is 2.72. The van der Waals surface area contributed by atoms with Crippen molar-refractivity contribution in [2.45, 2.75) is 27.7 Å². The minimum Gasteiger partial charge on any atom is -0.409 e. The summed E-state index contributed by atoms with van der Waals surface area (Å²) in [5.74, 6) is 0.0870. The fourth-order valence-electron chi connectivity index (χ4n) is 2.05. The molecule has 0 saturated carbocycles. The summed E-state index contributed by atoms with van der Waals surface area (Å²) in [5.41, 5.74) is 11.5. The second kappa shape index (κ2) is 4.76. The van der Waals surface area contributed by atoms with Crippen molar-refractivity contribution in [1.82, 2.24) is 9.78 Å². The zero-order chi connectivity index (χ0) is 14.2. The maximum absolute atomic E-state index is 8.91. The minimum absolute atomic E-state index is 0.0870. The van der Waals surface area contributed by atoms with Crippen LogP contribution in [0.4, 0.5) is 0 Å². The van der Waals surface area contributed by atoms with Crippen molar-refractivity contribution in [3.05, 3.63) is 46.3 Å². The number of aryl methyl sites for hydroxylation is 2. The number of hydrogen-bond acceptors (Lipinski definition) is 3. The number of nitrogens with two attached hydrogens (primary N) is 1. The van der Waals surface area contributed by atoms with E-state index >= 15 is 0 Å². The summed E-state index contributed by atoms with van der Waals surface area (Å²) in [4.78, 5) is 0. The molecule has 1 aromatic carbocycles. The highest BCUT2D eigenvalue weighted by Gasteiger charge is 2.14. The molecule has 5 nitrogen and oxygen atoms in total. The van der Waals surface area contributed by atoms with Crippen molar-refractivity contribution >= 4 is 5.84 Å². The SMILES string of the molecule is Cc1ccc(-n2nc(C)c(C)c2C)c(/C(N)=N/O)c1. The lowest BCUT2D eigenvalue weighted by molar-refractivity contribution is 0.318. The van der Waals surface area contributed by atoms with Gasteiger partial charge >= 0.3 is 0 Å². The summed E-state index contributed by atoms with van der Waals surface area (Å²) in [5, 5.41) is 16.5. The second-order valence-electron chi connectivity index (χ2n) is 4.71. The van der Waals surface area contributed by atoms with Gasteiger partial charge in [0.05, 0.1) is 11.4 Å². The first-order valence-corrected chi connectivity index (χ1v) is 6.07. The third-order valence-electron chi connectivity index (χ3n) is 3.42. The molecule has 0 fully saturated rings. The van der Waals surface area contributed by atoms with Crippen LogP contribution in [0.25, 0.3) is 5.69 Å². The number of nitrogens with zero attached hydrogens (tertiary/aromatic N) is 3. The molecule has 1 aromatic heterocycles. The van der Waals surface area contributed by atoms with E-state index in [1.807, 2.05) is 50.6 Å². The van der Waals surface area contributed by atoms with E-state index in [2.05, 4.69) is 10.3 Å². The predicted octanol–water partition coefficient (Wildman–Crippen LogP) is 2.20. The molecule has 0 saturated heterocycles.